The van der Waals surface area contributed by atoms with E-state index in [1.807, 2.05) is 31.2 Å². The van der Waals surface area contributed by atoms with Crippen molar-refractivity contribution in [1.29, 1.82) is 0 Å². The van der Waals surface area contributed by atoms with Gasteiger partial charge in [-0.1, -0.05) is 11.2 Å². The molecule has 0 aliphatic heterocycles. The predicted octanol–water partition coefficient (Wildman–Crippen LogP) is 2.75. The molecule has 0 unspecified atom stereocenters. The van der Waals surface area contributed by atoms with E-state index in [9.17, 15) is 0 Å². The fourth-order valence-electron chi connectivity index (χ4n) is 1.63. The van der Waals surface area contributed by atoms with E-state index in [1.165, 1.54) is 11.3 Å². The van der Waals surface area contributed by atoms with Crippen LogP contribution in [0.3, 0.4) is 0 Å². The van der Waals surface area contributed by atoms with Crippen molar-refractivity contribution in [3.05, 3.63) is 35.3 Å². The van der Waals surface area contributed by atoms with E-state index in [4.69, 9.17) is 10.3 Å². The molecule has 3 aromatic heterocycles. The van der Waals surface area contributed by atoms with Crippen LogP contribution in [0.2, 0.25) is 0 Å². The first kappa shape index (κ1) is 10.9. The molecule has 90 valence electrons. The molecule has 6 heteroatoms. The molecule has 0 bridgehead atoms. The van der Waals surface area contributed by atoms with Crippen LogP contribution in [0.15, 0.2) is 35.0 Å². The molecule has 0 spiro atoms. The Morgan fingerprint density at radius 1 is 1.33 bits per heavy atom. The fraction of sp³-hybridized carbons (Fsp3) is 0.0833. The molecule has 0 aromatic carbocycles. The van der Waals surface area contributed by atoms with Crippen LogP contribution in [0.5, 0.6) is 0 Å². The molecule has 2 N–H and O–H groups in total. The molecule has 0 radical (unpaired) electrons. The molecule has 3 rings (SSSR count). The molecular formula is C12H10N4OS. The number of nitrogens with zero attached hydrogens (tertiary/aromatic N) is 3. The van der Waals surface area contributed by atoms with Crippen LogP contribution in [-0.4, -0.2) is 15.1 Å². The SMILES string of the molecule is Cc1cc(-c2nc(-c3ccccn3)no2)c(N)s1. The van der Waals surface area contributed by atoms with Gasteiger partial charge in [-0.2, -0.15) is 4.98 Å². The monoisotopic (exact) mass is 258 g/mol. The third-order valence-electron chi connectivity index (χ3n) is 2.43. The van der Waals surface area contributed by atoms with Crippen molar-refractivity contribution in [2.75, 3.05) is 5.73 Å². The number of nitrogen functional groups attached to an aromatic ring is 1. The standard InChI is InChI=1S/C12H10N4OS/c1-7-6-8(10(13)18-7)12-15-11(16-17-12)9-4-2-3-5-14-9/h2-6H,13H2,1H3. The number of nitrogens with two attached hydrogens (primary N) is 1. The minimum absolute atomic E-state index is 0.428. The smallest absolute Gasteiger partial charge is 0.261 e. The van der Waals surface area contributed by atoms with Crippen molar-refractivity contribution in [3.8, 4) is 23.0 Å². The Morgan fingerprint density at radius 2 is 2.22 bits per heavy atom. The van der Waals surface area contributed by atoms with Gasteiger partial charge in [0.05, 0.1) is 10.6 Å². The second-order valence-corrected chi connectivity index (χ2v) is 5.06. The zero-order valence-electron chi connectivity index (χ0n) is 9.62. The number of pyridine rings is 1. The van der Waals surface area contributed by atoms with Gasteiger partial charge in [-0.3, -0.25) is 4.98 Å². The Balaban J connectivity index is 2.02. The highest BCUT2D eigenvalue weighted by molar-refractivity contribution is 7.16. The Hall–Kier alpha value is -2.21. The maximum atomic E-state index is 5.90. The number of rotatable bonds is 2. The average Bonchev–Trinajstić information content (AvgIpc) is 2.97. The molecule has 0 amide bonds. The van der Waals surface area contributed by atoms with E-state index < -0.39 is 0 Å². The van der Waals surface area contributed by atoms with Gasteiger partial charge in [0.2, 0.25) is 5.82 Å². The average molecular weight is 258 g/mol. The molecule has 0 saturated carbocycles. The lowest BCUT2D eigenvalue weighted by atomic mass is 10.3. The molecule has 0 saturated heterocycles. The van der Waals surface area contributed by atoms with Crippen LogP contribution < -0.4 is 5.73 Å². The highest BCUT2D eigenvalue weighted by Gasteiger charge is 2.15. The molecule has 0 atom stereocenters. The first-order valence-electron chi connectivity index (χ1n) is 5.35. The highest BCUT2D eigenvalue weighted by Crippen LogP contribution is 2.33. The minimum atomic E-state index is 0.428. The van der Waals surface area contributed by atoms with E-state index >= 15 is 0 Å². The summed E-state index contributed by atoms with van der Waals surface area (Å²) in [6, 6.07) is 7.48. The number of aromatic nitrogens is 3. The molecular weight excluding hydrogens is 248 g/mol. The number of hydrogen-bond donors (Lipinski definition) is 1. The fourth-order valence-corrected chi connectivity index (χ4v) is 2.41. The number of aryl methyl sites for hydroxylation is 1. The summed E-state index contributed by atoms with van der Waals surface area (Å²) in [7, 11) is 0. The topological polar surface area (TPSA) is 77.8 Å². The van der Waals surface area contributed by atoms with Gasteiger partial charge in [-0.05, 0) is 25.1 Å². The van der Waals surface area contributed by atoms with Gasteiger partial charge < -0.3 is 10.3 Å². The summed E-state index contributed by atoms with van der Waals surface area (Å²) in [6.07, 6.45) is 1.69. The van der Waals surface area contributed by atoms with Crippen molar-refractivity contribution in [2.45, 2.75) is 6.92 Å². The van der Waals surface area contributed by atoms with E-state index in [0.717, 1.165) is 10.4 Å². The normalized spacial score (nSPS) is 10.7. The number of hydrogen-bond acceptors (Lipinski definition) is 6. The lowest BCUT2D eigenvalue weighted by molar-refractivity contribution is 0.432. The summed E-state index contributed by atoms with van der Waals surface area (Å²) in [4.78, 5) is 9.59. The summed E-state index contributed by atoms with van der Waals surface area (Å²) in [5.74, 6) is 0.895. The Bertz CT molecular complexity index is 674. The number of thiophene rings is 1. The summed E-state index contributed by atoms with van der Waals surface area (Å²) in [5.41, 5.74) is 7.36. The first-order valence-corrected chi connectivity index (χ1v) is 6.17. The Kier molecular flexibility index (Phi) is 2.56. The van der Waals surface area contributed by atoms with Gasteiger partial charge in [-0.15, -0.1) is 11.3 Å². The van der Waals surface area contributed by atoms with Gasteiger partial charge in [0.25, 0.3) is 5.89 Å². The minimum Gasteiger partial charge on any atom is -0.390 e. The van der Waals surface area contributed by atoms with E-state index in [0.29, 0.717) is 22.4 Å². The summed E-state index contributed by atoms with van der Waals surface area (Å²) >= 11 is 1.50. The molecule has 0 aliphatic rings. The largest absolute Gasteiger partial charge is 0.390 e. The Labute approximate surface area is 107 Å². The molecule has 0 aliphatic carbocycles. The Morgan fingerprint density at radius 3 is 2.89 bits per heavy atom. The van der Waals surface area contributed by atoms with Crippen LogP contribution in [0.1, 0.15) is 4.88 Å². The maximum Gasteiger partial charge on any atom is 0.261 e. The van der Waals surface area contributed by atoms with Gasteiger partial charge in [0, 0.05) is 11.1 Å². The lowest BCUT2D eigenvalue weighted by Gasteiger charge is -1.90. The zero-order valence-corrected chi connectivity index (χ0v) is 10.4. The van der Waals surface area contributed by atoms with Crippen molar-refractivity contribution in [1.82, 2.24) is 15.1 Å². The second kappa shape index (κ2) is 4.23. The maximum absolute atomic E-state index is 5.90. The molecule has 5 nitrogen and oxygen atoms in total. The third kappa shape index (κ3) is 1.86. The predicted molar refractivity (Wildman–Crippen MR) is 70.0 cm³/mol. The summed E-state index contributed by atoms with van der Waals surface area (Å²) in [6.45, 7) is 1.99. The molecule has 3 aromatic rings. The van der Waals surface area contributed by atoms with Gasteiger partial charge in [0.15, 0.2) is 0 Å². The first-order chi connectivity index (χ1) is 8.74. The van der Waals surface area contributed by atoms with Gasteiger partial charge in [-0.25, -0.2) is 0 Å². The van der Waals surface area contributed by atoms with Gasteiger partial charge in [0.1, 0.15) is 5.69 Å². The van der Waals surface area contributed by atoms with Crippen molar-refractivity contribution in [3.63, 3.8) is 0 Å². The van der Waals surface area contributed by atoms with E-state index in [1.54, 1.807) is 6.20 Å². The zero-order chi connectivity index (χ0) is 12.5. The van der Waals surface area contributed by atoms with Crippen LogP contribution in [0, 0.1) is 6.92 Å². The third-order valence-corrected chi connectivity index (χ3v) is 3.31. The van der Waals surface area contributed by atoms with Crippen molar-refractivity contribution >= 4 is 16.3 Å². The van der Waals surface area contributed by atoms with Crippen LogP contribution >= 0.6 is 11.3 Å². The van der Waals surface area contributed by atoms with E-state index in [2.05, 4.69) is 15.1 Å². The summed E-state index contributed by atoms with van der Waals surface area (Å²) in [5, 5.41) is 4.60. The van der Waals surface area contributed by atoms with Crippen LogP contribution in [0.4, 0.5) is 5.00 Å². The van der Waals surface area contributed by atoms with Gasteiger partial charge >= 0.3 is 0 Å². The quantitative estimate of drug-likeness (QED) is 0.764. The van der Waals surface area contributed by atoms with Crippen molar-refractivity contribution in [2.24, 2.45) is 0 Å². The molecule has 3 heterocycles. The lowest BCUT2D eigenvalue weighted by Crippen LogP contribution is -1.85. The molecule has 18 heavy (non-hydrogen) atoms. The number of anilines is 1. The van der Waals surface area contributed by atoms with E-state index in [-0.39, 0.29) is 0 Å². The molecule has 0 fully saturated rings. The van der Waals surface area contributed by atoms with Crippen LogP contribution in [0.25, 0.3) is 23.0 Å². The van der Waals surface area contributed by atoms with Crippen molar-refractivity contribution < 1.29 is 4.52 Å². The summed E-state index contributed by atoms with van der Waals surface area (Å²) < 4.78 is 5.22. The highest BCUT2D eigenvalue weighted by atomic mass is 32.1. The van der Waals surface area contributed by atoms with Crippen LogP contribution in [-0.2, 0) is 0 Å². The second-order valence-electron chi connectivity index (χ2n) is 3.77.